The Kier molecular flexibility index (Phi) is 3.75. The largest absolute Gasteiger partial charge is 0.507 e. The van der Waals surface area contributed by atoms with Crippen molar-refractivity contribution < 1.29 is 9.90 Å². The third kappa shape index (κ3) is 2.55. The van der Waals surface area contributed by atoms with Crippen molar-refractivity contribution in [2.24, 2.45) is 4.99 Å². The second-order valence-corrected chi connectivity index (χ2v) is 6.54. The monoisotopic (exact) mass is 333 g/mol. The highest BCUT2D eigenvalue weighted by Gasteiger charge is 2.27. The van der Waals surface area contributed by atoms with Crippen LogP contribution >= 0.6 is 11.3 Å². The summed E-state index contributed by atoms with van der Waals surface area (Å²) in [4.78, 5) is 17.8. The summed E-state index contributed by atoms with van der Waals surface area (Å²) < 4.78 is 0. The van der Waals surface area contributed by atoms with Crippen LogP contribution in [0.2, 0.25) is 0 Å². The number of phenols is 1. The molecule has 0 spiro atoms. The van der Waals surface area contributed by atoms with Crippen LogP contribution in [0, 0.1) is 0 Å². The number of ketones is 1. The first-order valence-corrected chi connectivity index (χ1v) is 8.69. The lowest BCUT2D eigenvalue weighted by Gasteiger charge is -2.11. The highest BCUT2D eigenvalue weighted by Crippen LogP contribution is 2.32. The maximum Gasteiger partial charge on any atom is 0.211 e. The first-order chi connectivity index (χ1) is 11.7. The molecule has 0 unspecified atom stereocenters. The molecule has 0 radical (unpaired) electrons. The number of hydrogen-bond donors (Lipinski definition) is 1. The summed E-state index contributed by atoms with van der Waals surface area (Å²) in [5.74, 6) is -0.0575. The van der Waals surface area contributed by atoms with Gasteiger partial charge in [-0.05, 0) is 46.5 Å². The predicted octanol–water partition coefficient (Wildman–Crippen LogP) is 4.42. The molecule has 1 aliphatic heterocycles. The van der Waals surface area contributed by atoms with Crippen LogP contribution in [0.25, 0.3) is 0 Å². The maximum atomic E-state index is 13.1. The Morgan fingerprint density at radius 1 is 1.00 bits per heavy atom. The highest BCUT2D eigenvalue weighted by atomic mass is 32.1. The Morgan fingerprint density at radius 2 is 1.75 bits per heavy atom. The number of carbonyl (C=O) groups excluding carboxylic acids is 1. The van der Waals surface area contributed by atoms with E-state index < -0.39 is 0 Å². The average Bonchev–Trinajstić information content (AvgIpc) is 3.09. The number of Topliss-reactive ketones (excluding diaryl/α,β-unsaturated/α-hetero) is 1. The summed E-state index contributed by atoms with van der Waals surface area (Å²) >= 11 is 1.62. The van der Waals surface area contributed by atoms with Crippen LogP contribution in [0.1, 0.15) is 33.1 Å². The fourth-order valence-electron chi connectivity index (χ4n) is 3.04. The Balaban J connectivity index is 1.92. The van der Waals surface area contributed by atoms with Crippen molar-refractivity contribution in [2.45, 2.75) is 12.5 Å². The third-order valence-corrected chi connectivity index (χ3v) is 4.96. The number of carbonyl (C=O) groups is 1. The molecule has 2 heterocycles. The molecule has 0 bridgehead atoms. The fourth-order valence-corrected chi connectivity index (χ4v) is 3.75. The zero-order valence-corrected chi connectivity index (χ0v) is 13.7. The Hall–Kier alpha value is -2.72. The van der Waals surface area contributed by atoms with Crippen molar-refractivity contribution in [3.8, 4) is 5.75 Å². The summed E-state index contributed by atoms with van der Waals surface area (Å²) in [6.07, 6.45) is 0.676. The van der Waals surface area contributed by atoms with Crippen molar-refractivity contribution in [1.29, 1.82) is 0 Å². The molecule has 3 nitrogen and oxygen atoms in total. The van der Waals surface area contributed by atoms with Gasteiger partial charge >= 0.3 is 0 Å². The molecule has 1 atom stereocenters. The van der Waals surface area contributed by atoms with E-state index in [1.807, 2.05) is 35.7 Å². The third-order valence-electron chi connectivity index (χ3n) is 4.26. The minimum absolute atomic E-state index is 0.0769. The van der Waals surface area contributed by atoms with E-state index in [4.69, 9.17) is 4.99 Å². The van der Waals surface area contributed by atoms with E-state index >= 15 is 0 Å². The first-order valence-electron chi connectivity index (χ1n) is 7.75. The summed E-state index contributed by atoms with van der Waals surface area (Å²) in [5.41, 5.74) is 3.57. The van der Waals surface area contributed by atoms with Gasteiger partial charge in [0.25, 0.3) is 0 Å². The fraction of sp³-hybridized carbons (Fsp3) is 0.100. The van der Waals surface area contributed by atoms with Crippen molar-refractivity contribution in [3.63, 3.8) is 0 Å². The van der Waals surface area contributed by atoms with Crippen molar-refractivity contribution in [3.05, 3.63) is 87.6 Å². The molecular formula is C20H15NO2S. The van der Waals surface area contributed by atoms with Gasteiger partial charge in [-0.15, -0.1) is 0 Å². The minimum atomic E-state index is -0.134. The zero-order chi connectivity index (χ0) is 16.5. The van der Waals surface area contributed by atoms with Crippen LogP contribution in [0.5, 0.6) is 5.75 Å². The second kappa shape index (κ2) is 6.06. The highest BCUT2D eigenvalue weighted by molar-refractivity contribution is 7.08. The predicted molar refractivity (Wildman–Crippen MR) is 96.2 cm³/mol. The van der Waals surface area contributed by atoms with Crippen LogP contribution in [0.3, 0.4) is 0 Å². The Labute approximate surface area is 143 Å². The summed E-state index contributed by atoms with van der Waals surface area (Å²) in [6.45, 7) is 0. The molecule has 4 heteroatoms. The van der Waals surface area contributed by atoms with E-state index in [0.717, 1.165) is 11.1 Å². The van der Waals surface area contributed by atoms with E-state index in [1.165, 1.54) is 0 Å². The number of fused-ring (bicyclic) bond motifs is 1. The molecule has 0 saturated carbocycles. The molecule has 3 aromatic rings. The second-order valence-electron chi connectivity index (χ2n) is 5.76. The zero-order valence-electron chi connectivity index (χ0n) is 12.8. The normalized spacial score (nSPS) is 17.1. The van der Waals surface area contributed by atoms with Gasteiger partial charge in [0, 0.05) is 11.1 Å². The summed E-state index contributed by atoms with van der Waals surface area (Å²) in [7, 11) is 0. The molecule has 0 aliphatic carbocycles. The van der Waals surface area contributed by atoms with E-state index in [1.54, 1.807) is 35.6 Å². The van der Waals surface area contributed by atoms with Gasteiger partial charge in [-0.2, -0.15) is 11.3 Å². The average molecular weight is 333 g/mol. The molecule has 0 amide bonds. The molecule has 1 aromatic heterocycles. The number of hydrogen-bond acceptors (Lipinski definition) is 4. The van der Waals surface area contributed by atoms with Gasteiger partial charge in [-0.1, -0.05) is 36.4 Å². The van der Waals surface area contributed by atoms with Crippen LogP contribution in [-0.2, 0) is 6.42 Å². The summed E-state index contributed by atoms with van der Waals surface area (Å²) in [5, 5.41) is 14.3. The quantitative estimate of drug-likeness (QED) is 0.754. The molecule has 1 N–H and O–H groups in total. The lowest BCUT2D eigenvalue weighted by atomic mass is 9.95. The minimum Gasteiger partial charge on any atom is -0.507 e. The number of nitrogens with zero attached hydrogens (tertiary/aromatic N) is 1. The Bertz CT molecular complexity index is 928. The van der Waals surface area contributed by atoms with Crippen molar-refractivity contribution >= 4 is 22.8 Å². The number of rotatable bonds is 2. The van der Waals surface area contributed by atoms with Crippen LogP contribution in [0.4, 0.5) is 0 Å². The molecule has 4 rings (SSSR count). The van der Waals surface area contributed by atoms with Crippen LogP contribution < -0.4 is 0 Å². The van der Waals surface area contributed by atoms with Gasteiger partial charge in [0.05, 0.1) is 6.04 Å². The Morgan fingerprint density at radius 3 is 2.50 bits per heavy atom. The van der Waals surface area contributed by atoms with Gasteiger partial charge in [-0.3, -0.25) is 9.79 Å². The summed E-state index contributed by atoms with van der Waals surface area (Å²) in [6, 6.07) is 16.4. The smallest absolute Gasteiger partial charge is 0.211 e. The molecule has 24 heavy (non-hydrogen) atoms. The van der Waals surface area contributed by atoms with Gasteiger partial charge in [0.2, 0.25) is 5.78 Å². The first kappa shape index (κ1) is 14.8. The molecule has 0 fully saturated rings. The van der Waals surface area contributed by atoms with Gasteiger partial charge in [-0.25, -0.2) is 0 Å². The number of thiophene rings is 1. The molecule has 0 saturated heterocycles. The van der Waals surface area contributed by atoms with Gasteiger partial charge < -0.3 is 5.11 Å². The van der Waals surface area contributed by atoms with E-state index in [2.05, 4.69) is 5.38 Å². The van der Waals surface area contributed by atoms with Gasteiger partial charge in [0.15, 0.2) is 0 Å². The topological polar surface area (TPSA) is 49.7 Å². The number of phenolic OH excluding ortho intramolecular Hbond substituents is 1. The van der Waals surface area contributed by atoms with E-state index in [0.29, 0.717) is 23.3 Å². The van der Waals surface area contributed by atoms with E-state index in [-0.39, 0.29) is 17.6 Å². The number of benzene rings is 2. The number of para-hydroxylation sites is 1. The standard InChI is InChI=1S/C20H15NO2S/c22-18-8-4-3-7-16(18)19-20(23)15-6-2-1-5-13(15)11-17(21-19)14-9-10-24-12-14/h1-10,12,17,22H,11H2/t17-/m0/s1. The van der Waals surface area contributed by atoms with Crippen molar-refractivity contribution in [1.82, 2.24) is 0 Å². The molecular weight excluding hydrogens is 318 g/mol. The lowest BCUT2D eigenvalue weighted by Crippen LogP contribution is -2.16. The van der Waals surface area contributed by atoms with Gasteiger partial charge in [0.1, 0.15) is 11.5 Å². The molecule has 1 aliphatic rings. The number of aromatic hydroxyl groups is 1. The maximum absolute atomic E-state index is 13.1. The van der Waals surface area contributed by atoms with Crippen LogP contribution in [-0.4, -0.2) is 16.6 Å². The number of aliphatic imine (C=N–C) groups is 1. The molecule has 118 valence electrons. The molecule has 2 aromatic carbocycles. The lowest BCUT2D eigenvalue weighted by molar-refractivity contribution is 0.106. The van der Waals surface area contributed by atoms with E-state index in [9.17, 15) is 9.90 Å². The van der Waals surface area contributed by atoms with Crippen molar-refractivity contribution in [2.75, 3.05) is 0 Å². The van der Waals surface area contributed by atoms with Crippen LogP contribution in [0.15, 0.2) is 70.3 Å². The SMILES string of the molecule is O=C1C(c2ccccc2O)=N[C@H](c2ccsc2)Cc2ccccc21.